The molecule has 1 N–H and O–H groups in total. The van der Waals surface area contributed by atoms with E-state index in [1.165, 1.54) is 5.57 Å². The van der Waals surface area contributed by atoms with Crippen LogP contribution in [0.15, 0.2) is 23.8 Å². The van der Waals surface area contributed by atoms with Crippen LogP contribution < -0.4 is 0 Å². The van der Waals surface area contributed by atoms with E-state index in [0.717, 1.165) is 6.42 Å². The molecule has 98 valence electrons. The number of carbonyl (C=O) groups is 2. The monoisotopic (exact) mass is 249 g/mol. The fraction of sp³-hybridized carbons (Fsp3) is 0.571. The molecule has 4 heteroatoms. The van der Waals surface area contributed by atoms with Gasteiger partial charge in [-0.2, -0.15) is 0 Å². The van der Waals surface area contributed by atoms with Gasteiger partial charge in [-0.3, -0.25) is 9.59 Å². The topological polar surface area (TPSA) is 57.6 Å². The van der Waals surface area contributed by atoms with Gasteiger partial charge in [-0.15, -0.1) is 0 Å². The molecule has 2 rings (SSSR count). The number of aliphatic carboxylic acids is 1. The maximum Gasteiger partial charge on any atom is 0.307 e. The van der Waals surface area contributed by atoms with Crippen LogP contribution in [0.4, 0.5) is 0 Å². The highest BCUT2D eigenvalue weighted by Crippen LogP contribution is 2.28. The number of allylic oxidation sites excluding steroid dienone is 2. The molecule has 2 aliphatic rings. The van der Waals surface area contributed by atoms with Crippen molar-refractivity contribution >= 4 is 11.9 Å². The smallest absolute Gasteiger partial charge is 0.307 e. The standard InChI is InChI=1S/C14H19NO3/c1-10-5-4-8-15(9-10)13(16)11-6-2-3-7-12(11)14(17)18/h2-3,5,11-12H,4,6-9H2,1H3,(H,17,18)/t11-,12+/m1/s1. The summed E-state index contributed by atoms with van der Waals surface area (Å²) < 4.78 is 0. The van der Waals surface area contributed by atoms with E-state index in [1.807, 2.05) is 19.1 Å². The molecule has 1 aliphatic carbocycles. The summed E-state index contributed by atoms with van der Waals surface area (Å²) in [4.78, 5) is 25.4. The van der Waals surface area contributed by atoms with E-state index >= 15 is 0 Å². The molecule has 4 nitrogen and oxygen atoms in total. The fourth-order valence-electron chi connectivity index (χ4n) is 2.69. The van der Waals surface area contributed by atoms with Gasteiger partial charge in [0.25, 0.3) is 0 Å². The average molecular weight is 249 g/mol. The molecule has 0 fully saturated rings. The number of hydrogen-bond donors (Lipinski definition) is 1. The largest absolute Gasteiger partial charge is 0.481 e. The third kappa shape index (κ3) is 2.63. The first-order valence-corrected chi connectivity index (χ1v) is 6.42. The summed E-state index contributed by atoms with van der Waals surface area (Å²) in [7, 11) is 0. The second-order valence-electron chi connectivity index (χ2n) is 5.09. The molecule has 0 aromatic rings. The van der Waals surface area contributed by atoms with E-state index in [-0.39, 0.29) is 5.91 Å². The predicted molar refractivity (Wildman–Crippen MR) is 67.9 cm³/mol. The fourth-order valence-corrected chi connectivity index (χ4v) is 2.69. The summed E-state index contributed by atoms with van der Waals surface area (Å²) in [5.41, 5.74) is 1.19. The van der Waals surface area contributed by atoms with Gasteiger partial charge in [0.05, 0.1) is 11.8 Å². The number of carbonyl (C=O) groups excluding carboxylic acids is 1. The molecule has 0 saturated carbocycles. The molecular weight excluding hydrogens is 230 g/mol. The summed E-state index contributed by atoms with van der Waals surface area (Å²) >= 11 is 0. The Morgan fingerprint density at radius 1 is 1.28 bits per heavy atom. The molecule has 18 heavy (non-hydrogen) atoms. The Balaban J connectivity index is 2.09. The van der Waals surface area contributed by atoms with Crippen LogP contribution in [0.3, 0.4) is 0 Å². The van der Waals surface area contributed by atoms with E-state index in [4.69, 9.17) is 0 Å². The third-order valence-electron chi connectivity index (χ3n) is 3.71. The first-order valence-electron chi connectivity index (χ1n) is 6.42. The zero-order valence-corrected chi connectivity index (χ0v) is 10.6. The Bertz CT molecular complexity index is 411. The van der Waals surface area contributed by atoms with Gasteiger partial charge in [-0.1, -0.05) is 23.8 Å². The summed E-state index contributed by atoms with van der Waals surface area (Å²) in [5.74, 6) is -1.81. The highest BCUT2D eigenvalue weighted by Gasteiger charge is 2.36. The lowest BCUT2D eigenvalue weighted by molar-refractivity contribution is -0.150. The molecule has 1 amide bonds. The van der Waals surface area contributed by atoms with Crippen LogP contribution in [0.1, 0.15) is 26.2 Å². The van der Waals surface area contributed by atoms with E-state index in [1.54, 1.807) is 4.90 Å². The minimum absolute atomic E-state index is 0.000741. The van der Waals surface area contributed by atoms with Crippen LogP contribution in [0.2, 0.25) is 0 Å². The van der Waals surface area contributed by atoms with E-state index in [0.29, 0.717) is 25.9 Å². The van der Waals surface area contributed by atoms with Gasteiger partial charge in [-0.25, -0.2) is 0 Å². The van der Waals surface area contributed by atoms with Gasteiger partial charge in [0.1, 0.15) is 0 Å². The van der Waals surface area contributed by atoms with Gasteiger partial charge in [0.15, 0.2) is 0 Å². The first-order chi connectivity index (χ1) is 8.59. The van der Waals surface area contributed by atoms with Crippen molar-refractivity contribution in [3.05, 3.63) is 23.8 Å². The molecule has 0 spiro atoms. The molecule has 0 bridgehead atoms. The second kappa shape index (κ2) is 5.38. The molecule has 0 unspecified atom stereocenters. The SMILES string of the molecule is CC1=CCCN(C(=O)[C@@H]2CC=CC[C@@H]2C(=O)O)C1. The van der Waals surface area contributed by atoms with Gasteiger partial charge >= 0.3 is 5.97 Å². The highest BCUT2D eigenvalue weighted by molar-refractivity contribution is 5.85. The lowest BCUT2D eigenvalue weighted by Gasteiger charge is -2.32. The van der Waals surface area contributed by atoms with Crippen molar-refractivity contribution in [2.45, 2.75) is 26.2 Å². The molecule has 2 atom stereocenters. The minimum Gasteiger partial charge on any atom is -0.481 e. The van der Waals surface area contributed by atoms with Gasteiger partial charge in [0.2, 0.25) is 5.91 Å². The number of rotatable bonds is 2. The molecule has 0 radical (unpaired) electrons. The van der Waals surface area contributed by atoms with Crippen molar-refractivity contribution in [3.63, 3.8) is 0 Å². The molecule has 0 aromatic carbocycles. The Kier molecular flexibility index (Phi) is 3.84. The lowest BCUT2D eigenvalue weighted by Crippen LogP contribution is -2.43. The molecule has 0 aromatic heterocycles. The number of nitrogens with zero attached hydrogens (tertiary/aromatic N) is 1. The predicted octanol–water partition coefficient (Wildman–Crippen LogP) is 1.83. The van der Waals surface area contributed by atoms with Gasteiger partial charge in [0, 0.05) is 13.1 Å². The maximum absolute atomic E-state index is 12.4. The van der Waals surface area contributed by atoms with Crippen LogP contribution in [0.5, 0.6) is 0 Å². The zero-order chi connectivity index (χ0) is 13.1. The number of hydrogen-bond acceptors (Lipinski definition) is 2. The molecule has 1 aliphatic heterocycles. The van der Waals surface area contributed by atoms with Crippen LogP contribution >= 0.6 is 0 Å². The third-order valence-corrected chi connectivity index (χ3v) is 3.71. The quantitative estimate of drug-likeness (QED) is 0.760. The average Bonchev–Trinajstić information content (AvgIpc) is 2.38. The zero-order valence-electron chi connectivity index (χ0n) is 10.6. The van der Waals surface area contributed by atoms with Crippen LogP contribution in [-0.2, 0) is 9.59 Å². The first kappa shape index (κ1) is 12.9. The normalized spacial score (nSPS) is 27.8. The Hall–Kier alpha value is -1.58. The van der Waals surface area contributed by atoms with Crippen molar-refractivity contribution in [3.8, 4) is 0 Å². The minimum atomic E-state index is -0.859. The van der Waals surface area contributed by atoms with Gasteiger partial charge in [-0.05, 0) is 26.2 Å². The Labute approximate surface area is 107 Å². The molecular formula is C14H19NO3. The van der Waals surface area contributed by atoms with E-state index < -0.39 is 17.8 Å². The summed E-state index contributed by atoms with van der Waals surface area (Å²) in [6.07, 6.45) is 7.82. The highest BCUT2D eigenvalue weighted by atomic mass is 16.4. The van der Waals surface area contributed by atoms with E-state index in [2.05, 4.69) is 6.08 Å². The van der Waals surface area contributed by atoms with Crippen LogP contribution in [0, 0.1) is 11.8 Å². The van der Waals surface area contributed by atoms with Gasteiger partial charge < -0.3 is 10.0 Å². The second-order valence-corrected chi connectivity index (χ2v) is 5.09. The molecule has 0 saturated heterocycles. The van der Waals surface area contributed by atoms with Crippen LogP contribution in [-0.4, -0.2) is 35.0 Å². The Morgan fingerprint density at radius 3 is 2.56 bits per heavy atom. The summed E-state index contributed by atoms with van der Waals surface area (Å²) in [6, 6.07) is 0. The van der Waals surface area contributed by atoms with Crippen molar-refractivity contribution in [2.24, 2.45) is 11.8 Å². The summed E-state index contributed by atoms with van der Waals surface area (Å²) in [5, 5.41) is 9.19. The Morgan fingerprint density at radius 2 is 1.94 bits per heavy atom. The van der Waals surface area contributed by atoms with Crippen LogP contribution in [0.25, 0.3) is 0 Å². The van der Waals surface area contributed by atoms with Crippen molar-refractivity contribution in [1.82, 2.24) is 4.90 Å². The van der Waals surface area contributed by atoms with Crippen molar-refractivity contribution in [1.29, 1.82) is 0 Å². The van der Waals surface area contributed by atoms with E-state index in [9.17, 15) is 14.7 Å². The molecule has 1 heterocycles. The summed E-state index contributed by atoms with van der Waals surface area (Å²) in [6.45, 7) is 3.36. The maximum atomic E-state index is 12.4. The van der Waals surface area contributed by atoms with Crippen molar-refractivity contribution < 1.29 is 14.7 Å². The number of carboxylic acid groups (broad SMARTS) is 1. The number of amides is 1. The lowest BCUT2D eigenvalue weighted by atomic mass is 9.82. The van der Waals surface area contributed by atoms with Crippen molar-refractivity contribution in [2.75, 3.05) is 13.1 Å². The number of carboxylic acids is 1.